The van der Waals surface area contributed by atoms with Crippen molar-refractivity contribution in [3.8, 4) is 0 Å². The molecule has 0 unspecified atom stereocenters. The summed E-state index contributed by atoms with van der Waals surface area (Å²) in [7, 11) is 0. The van der Waals surface area contributed by atoms with Crippen LogP contribution in [0.25, 0.3) is 0 Å². The molecule has 0 radical (unpaired) electrons. The van der Waals surface area contributed by atoms with Gasteiger partial charge in [0.2, 0.25) is 5.84 Å². The lowest BCUT2D eigenvalue weighted by molar-refractivity contribution is 0.881. The fourth-order valence-corrected chi connectivity index (χ4v) is 1.93. The number of nitrogens with zero attached hydrogens (tertiary/aromatic N) is 6. The zero-order valence-electron chi connectivity index (χ0n) is 11.8. The van der Waals surface area contributed by atoms with Gasteiger partial charge in [0.05, 0.1) is 5.69 Å². The van der Waals surface area contributed by atoms with Gasteiger partial charge < -0.3 is 0 Å². The minimum absolute atomic E-state index is 0.136. The first-order valence-corrected chi connectivity index (χ1v) is 7.40. The van der Waals surface area contributed by atoms with E-state index in [0.29, 0.717) is 5.84 Å². The lowest BCUT2D eigenvalue weighted by atomic mass is 10.2. The quantitative estimate of drug-likeness (QED) is 0.317. The second kappa shape index (κ2) is 7.36. The Kier molecular flexibility index (Phi) is 4.79. The summed E-state index contributed by atoms with van der Waals surface area (Å²) < 4.78 is 0.993. The van der Waals surface area contributed by atoms with E-state index in [1.54, 1.807) is 0 Å². The molecule has 0 aliphatic carbocycles. The predicted molar refractivity (Wildman–Crippen MR) is 89.4 cm³/mol. The first-order valence-electron chi connectivity index (χ1n) is 6.61. The van der Waals surface area contributed by atoms with Crippen LogP contribution in [0.5, 0.6) is 0 Å². The number of anilines is 1. The van der Waals surface area contributed by atoms with Gasteiger partial charge in [0.25, 0.3) is 0 Å². The van der Waals surface area contributed by atoms with Crippen molar-refractivity contribution < 1.29 is 0 Å². The number of hydrazone groups is 1. The van der Waals surface area contributed by atoms with Gasteiger partial charge in [-0.3, -0.25) is 5.43 Å². The van der Waals surface area contributed by atoms with Gasteiger partial charge in [-0.05, 0) is 29.5 Å². The van der Waals surface area contributed by atoms with Crippen molar-refractivity contribution in [1.82, 2.24) is 20.6 Å². The molecule has 0 atom stereocenters. The number of aromatic amines is 1. The molecular formula is C14H11BrN8. The standard InChI is InChI=1S/C14H11BrN8/c15-11-6-8-12(9-7-11)16-17-13(10-4-2-1-3-5-10)18-19-14-20-22-23-21-14/h1-9,16H,(H,20,21,22,23)/b17-13+,19-18?. The summed E-state index contributed by atoms with van der Waals surface area (Å²) in [5.41, 5.74) is 4.59. The number of nitrogens with one attached hydrogen (secondary N) is 2. The van der Waals surface area contributed by atoms with Crippen molar-refractivity contribution in [3.05, 3.63) is 64.6 Å². The first kappa shape index (κ1) is 15.0. The average Bonchev–Trinajstić information content (AvgIpc) is 3.11. The van der Waals surface area contributed by atoms with Crippen LogP contribution in [0.3, 0.4) is 0 Å². The lowest BCUT2D eigenvalue weighted by Crippen LogP contribution is -2.01. The van der Waals surface area contributed by atoms with Crippen LogP contribution in [0.15, 0.2) is 74.4 Å². The van der Waals surface area contributed by atoms with Crippen LogP contribution in [-0.4, -0.2) is 26.5 Å². The van der Waals surface area contributed by atoms with Crippen LogP contribution in [0.4, 0.5) is 11.6 Å². The molecule has 0 amide bonds. The molecule has 0 aliphatic heterocycles. The number of rotatable bonds is 4. The molecule has 1 heterocycles. The third-order valence-electron chi connectivity index (χ3n) is 2.74. The molecule has 3 aromatic rings. The summed E-state index contributed by atoms with van der Waals surface area (Å²) in [6, 6.07) is 17.1. The van der Waals surface area contributed by atoms with Crippen molar-refractivity contribution in [2.45, 2.75) is 0 Å². The van der Waals surface area contributed by atoms with Gasteiger partial charge >= 0.3 is 5.95 Å². The van der Waals surface area contributed by atoms with Gasteiger partial charge in [0.15, 0.2) is 0 Å². The van der Waals surface area contributed by atoms with Crippen LogP contribution in [-0.2, 0) is 0 Å². The van der Waals surface area contributed by atoms with Gasteiger partial charge in [-0.25, -0.2) is 0 Å². The number of H-pyrrole nitrogens is 1. The highest BCUT2D eigenvalue weighted by molar-refractivity contribution is 9.10. The number of tetrazole rings is 1. The Morgan fingerprint density at radius 1 is 1.04 bits per heavy atom. The Morgan fingerprint density at radius 2 is 1.83 bits per heavy atom. The highest BCUT2D eigenvalue weighted by atomic mass is 79.9. The van der Waals surface area contributed by atoms with Gasteiger partial charge in [0, 0.05) is 10.0 Å². The highest BCUT2D eigenvalue weighted by Gasteiger charge is 2.03. The monoisotopic (exact) mass is 370 g/mol. The Hall–Kier alpha value is -2.94. The van der Waals surface area contributed by atoms with E-state index >= 15 is 0 Å². The number of hydrogen-bond acceptors (Lipinski definition) is 6. The molecule has 0 saturated carbocycles. The smallest absolute Gasteiger partial charge is 0.276 e. The lowest BCUT2D eigenvalue weighted by Gasteiger charge is -2.03. The van der Waals surface area contributed by atoms with Crippen molar-refractivity contribution >= 4 is 33.4 Å². The minimum Gasteiger partial charge on any atom is -0.276 e. The molecule has 114 valence electrons. The molecule has 1 aromatic heterocycles. The van der Waals surface area contributed by atoms with Crippen molar-refractivity contribution in [2.24, 2.45) is 15.3 Å². The number of azo groups is 1. The summed E-state index contributed by atoms with van der Waals surface area (Å²) in [5.74, 6) is 0.538. The van der Waals surface area contributed by atoms with Gasteiger partial charge in [0.1, 0.15) is 0 Å². The fourth-order valence-electron chi connectivity index (χ4n) is 1.66. The van der Waals surface area contributed by atoms with Crippen LogP contribution in [0, 0.1) is 0 Å². The van der Waals surface area contributed by atoms with Gasteiger partial charge in [-0.2, -0.15) is 10.3 Å². The van der Waals surface area contributed by atoms with Crippen LogP contribution < -0.4 is 5.43 Å². The second-order valence-electron chi connectivity index (χ2n) is 4.33. The summed E-state index contributed by atoms with van der Waals surface area (Å²) in [4.78, 5) is 0. The SMILES string of the molecule is Brc1ccc(N/N=C(/N=Nc2nn[nH]n2)c2ccccc2)cc1. The summed E-state index contributed by atoms with van der Waals surface area (Å²) in [6.07, 6.45) is 0. The molecule has 3 rings (SSSR count). The molecular weight excluding hydrogens is 360 g/mol. The molecule has 0 bridgehead atoms. The maximum absolute atomic E-state index is 4.30. The van der Waals surface area contributed by atoms with E-state index in [0.717, 1.165) is 15.7 Å². The number of amidine groups is 1. The Bertz CT molecular complexity index is 797. The zero-order chi connectivity index (χ0) is 15.9. The topological polar surface area (TPSA) is 104 Å². The van der Waals surface area contributed by atoms with E-state index < -0.39 is 0 Å². The maximum Gasteiger partial charge on any atom is 0.307 e. The summed E-state index contributed by atoms with van der Waals surface area (Å²) >= 11 is 3.39. The molecule has 0 spiro atoms. The zero-order valence-corrected chi connectivity index (χ0v) is 13.3. The molecule has 0 fully saturated rings. The van der Waals surface area contributed by atoms with Gasteiger partial charge in [-0.15, -0.1) is 15.3 Å². The normalized spacial score (nSPS) is 11.8. The predicted octanol–water partition coefficient (Wildman–Crippen LogP) is 3.52. The van der Waals surface area contributed by atoms with E-state index in [4.69, 9.17) is 0 Å². The fraction of sp³-hybridized carbons (Fsp3) is 0. The van der Waals surface area contributed by atoms with Gasteiger partial charge in [-0.1, -0.05) is 51.4 Å². The van der Waals surface area contributed by atoms with E-state index in [2.05, 4.69) is 57.3 Å². The maximum atomic E-state index is 4.30. The molecule has 2 aromatic carbocycles. The van der Waals surface area contributed by atoms with Crippen LogP contribution >= 0.6 is 15.9 Å². The van der Waals surface area contributed by atoms with E-state index in [1.165, 1.54) is 0 Å². The Labute approximate surface area is 139 Å². The van der Waals surface area contributed by atoms with Crippen molar-refractivity contribution in [1.29, 1.82) is 0 Å². The van der Waals surface area contributed by atoms with Crippen molar-refractivity contribution in [3.63, 3.8) is 0 Å². The summed E-state index contributed by atoms with van der Waals surface area (Å²) in [5, 5.41) is 25.5. The van der Waals surface area contributed by atoms with Crippen LogP contribution in [0.2, 0.25) is 0 Å². The molecule has 9 heteroatoms. The second-order valence-corrected chi connectivity index (χ2v) is 5.25. The van der Waals surface area contributed by atoms with Crippen molar-refractivity contribution in [2.75, 3.05) is 5.43 Å². The Balaban J connectivity index is 1.85. The summed E-state index contributed by atoms with van der Waals surface area (Å²) in [6.45, 7) is 0. The van der Waals surface area contributed by atoms with E-state index in [9.17, 15) is 0 Å². The number of halogens is 1. The highest BCUT2D eigenvalue weighted by Crippen LogP contribution is 2.14. The minimum atomic E-state index is 0.136. The molecule has 8 nitrogen and oxygen atoms in total. The third kappa shape index (κ3) is 4.27. The third-order valence-corrected chi connectivity index (χ3v) is 3.26. The largest absolute Gasteiger partial charge is 0.307 e. The van der Waals surface area contributed by atoms with Crippen LogP contribution in [0.1, 0.15) is 5.56 Å². The Morgan fingerprint density at radius 3 is 2.52 bits per heavy atom. The number of benzene rings is 2. The molecule has 0 saturated heterocycles. The number of aromatic nitrogens is 4. The van der Waals surface area contributed by atoms with E-state index in [-0.39, 0.29) is 5.95 Å². The molecule has 23 heavy (non-hydrogen) atoms. The molecule has 0 aliphatic rings. The average molecular weight is 371 g/mol. The van der Waals surface area contributed by atoms with E-state index in [1.807, 2.05) is 54.6 Å². The first-order chi connectivity index (χ1) is 11.3. The molecule has 2 N–H and O–H groups in total. The number of hydrogen-bond donors (Lipinski definition) is 2.